The number of hydrogen-bond donors (Lipinski definition) is 0. The molecule has 0 bridgehead atoms. The zero-order valence-electron chi connectivity index (χ0n) is 11.8. The van der Waals surface area contributed by atoms with E-state index in [-0.39, 0.29) is 11.2 Å². The van der Waals surface area contributed by atoms with Crippen LogP contribution in [0.5, 0.6) is 0 Å². The predicted octanol–water partition coefficient (Wildman–Crippen LogP) is 2.77. The molecule has 4 rings (SSSR count). The van der Waals surface area contributed by atoms with Gasteiger partial charge in [0.2, 0.25) is 0 Å². The number of benzene rings is 1. The molecule has 0 radical (unpaired) electrons. The van der Waals surface area contributed by atoms with Gasteiger partial charge in [-0.05, 0) is 19.9 Å². The molecule has 0 fully saturated rings. The summed E-state index contributed by atoms with van der Waals surface area (Å²) in [5.74, 6) is 0.887. The van der Waals surface area contributed by atoms with Crippen LogP contribution in [0, 0.1) is 5.41 Å². The first kappa shape index (κ1) is 13.3. The minimum atomic E-state index is -3.30. The summed E-state index contributed by atoms with van der Waals surface area (Å²) >= 11 is 1.72. The Hall–Kier alpha value is -1.40. The largest absolute Gasteiger partial charge is 0.223 e. The molecule has 1 aromatic carbocycles. The van der Waals surface area contributed by atoms with E-state index in [0.717, 1.165) is 33.2 Å². The Morgan fingerprint density at radius 1 is 1.24 bits per heavy atom. The van der Waals surface area contributed by atoms with E-state index in [1.165, 1.54) is 0 Å². The van der Waals surface area contributed by atoms with Gasteiger partial charge in [-0.25, -0.2) is 8.42 Å². The van der Waals surface area contributed by atoms with Crippen LogP contribution in [-0.4, -0.2) is 31.3 Å². The lowest BCUT2D eigenvalue weighted by atomic mass is 9.79. The van der Waals surface area contributed by atoms with Crippen LogP contribution in [0.1, 0.15) is 19.4 Å². The Morgan fingerprint density at radius 2 is 2.00 bits per heavy atom. The van der Waals surface area contributed by atoms with E-state index in [1.807, 2.05) is 19.1 Å². The van der Waals surface area contributed by atoms with E-state index in [2.05, 4.69) is 17.1 Å². The Kier molecular flexibility index (Phi) is 2.58. The van der Waals surface area contributed by atoms with Gasteiger partial charge in [-0.2, -0.15) is 10.2 Å². The lowest BCUT2D eigenvalue weighted by Gasteiger charge is -2.36. The minimum Gasteiger partial charge on any atom is -0.223 e. The van der Waals surface area contributed by atoms with Crippen molar-refractivity contribution in [1.82, 2.24) is 0 Å². The molecule has 1 atom stereocenters. The maximum atomic E-state index is 12.6. The van der Waals surface area contributed by atoms with E-state index in [9.17, 15) is 8.42 Å². The highest BCUT2D eigenvalue weighted by molar-refractivity contribution is 8.08. The van der Waals surface area contributed by atoms with Crippen LogP contribution in [0.15, 0.2) is 44.9 Å². The molecule has 1 unspecified atom stereocenters. The van der Waals surface area contributed by atoms with Crippen molar-refractivity contribution < 1.29 is 8.42 Å². The first-order valence-corrected chi connectivity index (χ1v) is 9.39. The van der Waals surface area contributed by atoms with Crippen molar-refractivity contribution in [3.8, 4) is 0 Å². The first-order valence-electron chi connectivity index (χ1n) is 6.75. The summed E-state index contributed by atoms with van der Waals surface area (Å²) in [6.07, 6.45) is 0. The molecule has 0 amide bonds. The number of rotatable bonds is 0. The summed E-state index contributed by atoms with van der Waals surface area (Å²) in [5.41, 5.74) is 3.23. The zero-order chi connectivity index (χ0) is 14.8. The standard InChI is InChI=1S/C15H14N2O2S2/c1-9-15(2)8-20-13-10-5-3-4-6-12(10)21(18,19)7-11(13)14(15)17-16-9/h3-6H,7-8H2,1-2H3. The van der Waals surface area contributed by atoms with Gasteiger partial charge in [0.15, 0.2) is 9.84 Å². The fourth-order valence-electron chi connectivity index (χ4n) is 3.06. The number of nitrogens with zero attached hydrogens (tertiary/aromatic N) is 2. The van der Waals surface area contributed by atoms with Gasteiger partial charge in [0.05, 0.1) is 27.5 Å². The molecule has 6 heteroatoms. The van der Waals surface area contributed by atoms with Gasteiger partial charge in [0, 0.05) is 21.8 Å². The highest BCUT2D eigenvalue weighted by atomic mass is 32.2. The maximum absolute atomic E-state index is 12.6. The van der Waals surface area contributed by atoms with E-state index in [1.54, 1.807) is 23.9 Å². The summed E-state index contributed by atoms with van der Waals surface area (Å²) in [5, 5.41) is 8.51. The first-order chi connectivity index (χ1) is 9.93. The second-order valence-corrected chi connectivity index (χ2v) is 8.76. The molecule has 0 saturated heterocycles. The van der Waals surface area contributed by atoms with E-state index in [0.29, 0.717) is 4.90 Å². The van der Waals surface area contributed by atoms with Gasteiger partial charge in [-0.1, -0.05) is 18.2 Å². The summed E-state index contributed by atoms with van der Waals surface area (Å²) in [6.45, 7) is 4.06. The van der Waals surface area contributed by atoms with E-state index < -0.39 is 9.84 Å². The summed E-state index contributed by atoms with van der Waals surface area (Å²) < 4.78 is 25.1. The predicted molar refractivity (Wildman–Crippen MR) is 86.5 cm³/mol. The number of thioether (sulfide) groups is 1. The molecule has 0 aromatic heterocycles. The van der Waals surface area contributed by atoms with Gasteiger partial charge in [0.25, 0.3) is 0 Å². The van der Waals surface area contributed by atoms with Crippen molar-refractivity contribution in [3.63, 3.8) is 0 Å². The molecule has 1 aromatic rings. The third kappa shape index (κ3) is 1.66. The molecule has 0 spiro atoms. The molecular weight excluding hydrogens is 304 g/mol. The average Bonchev–Trinajstić information content (AvgIpc) is 2.75. The van der Waals surface area contributed by atoms with Gasteiger partial charge in [-0.15, -0.1) is 11.8 Å². The maximum Gasteiger partial charge on any atom is 0.183 e. The quantitative estimate of drug-likeness (QED) is 0.739. The van der Waals surface area contributed by atoms with Crippen LogP contribution >= 0.6 is 11.8 Å². The third-order valence-corrected chi connectivity index (χ3v) is 7.66. The molecule has 3 aliphatic rings. The molecular formula is C15H14N2O2S2. The Morgan fingerprint density at radius 3 is 2.81 bits per heavy atom. The van der Waals surface area contributed by atoms with Crippen molar-refractivity contribution in [1.29, 1.82) is 0 Å². The molecule has 0 saturated carbocycles. The Bertz CT molecular complexity index is 865. The van der Waals surface area contributed by atoms with Crippen molar-refractivity contribution in [2.24, 2.45) is 15.6 Å². The minimum absolute atomic E-state index is 0.0313. The average molecular weight is 318 g/mol. The third-order valence-electron chi connectivity index (χ3n) is 4.49. The van der Waals surface area contributed by atoms with Crippen LogP contribution in [0.4, 0.5) is 0 Å². The fraction of sp³-hybridized carbons (Fsp3) is 0.333. The van der Waals surface area contributed by atoms with Crippen molar-refractivity contribution in [2.45, 2.75) is 18.7 Å². The van der Waals surface area contributed by atoms with Crippen LogP contribution in [0.2, 0.25) is 0 Å². The second-order valence-electron chi connectivity index (χ2n) is 5.82. The normalized spacial score (nSPS) is 29.2. The summed E-state index contributed by atoms with van der Waals surface area (Å²) in [6, 6.07) is 7.25. The number of fused-ring (bicyclic) bond motifs is 4. The lowest BCUT2D eigenvalue weighted by Crippen LogP contribution is -2.40. The number of hydrogen-bond acceptors (Lipinski definition) is 5. The molecule has 0 N–H and O–H groups in total. The highest BCUT2D eigenvalue weighted by Crippen LogP contribution is 2.50. The zero-order valence-corrected chi connectivity index (χ0v) is 13.4. The molecule has 3 aliphatic heterocycles. The van der Waals surface area contributed by atoms with Crippen molar-refractivity contribution >= 4 is 37.9 Å². The van der Waals surface area contributed by atoms with Crippen LogP contribution < -0.4 is 0 Å². The lowest BCUT2D eigenvalue weighted by molar-refractivity contribution is 0.597. The SMILES string of the molecule is CC1=NN=C2C3=C(SCC12C)c1ccccc1S(=O)(=O)C3. The van der Waals surface area contributed by atoms with Crippen molar-refractivity contribution in [2.75, 3.05) is 11.5 Å². The fourth-order valence-corrected chi connectivity index (χ4v) is 6.28. The van der Waals surface area contributed by atoms with E-state index in [4.69, 9.17) is 0 Å². The summed E-state index contributed by atoms with van der Waals surface area (Å²) in [7, 11) is -3.30. The van der Waals surface area contributed by atoms with Crippen LogP contribution in [0.25, 0.3) is 4.91 Å². The molecule has 4 nitrogen and oxygen atoms in total. The number of sulfone groups is 1. The molecule has 21 heavy (non-hydrogen) atoms. The molecule has 108 valence electrons. The highest BCUT2D eigenvalue weighted by Gasteiger charge is 2.47. The van der Waals surface area contributed by atoms with Gasteiger partial charge in [-0.3, -0.25) is 0 Å². The Labute approximate surface area is 128 Å². The Balaban J connectivity index is 1.99. The van der Waals surface area contributed by atoms with Gasteiger partial charge < -0.3 is 0 Å². The molecule has 3 heterocycles. The monoisotopic (exact) mass is 318 g/mol. The smallest absolute Gasteiger partial charge is 0.183 e. The van der Waals surface area contributed by atoms with Crippen LogP contribution in [-0.2, 0) is 9.84 Å². The van der Waals surface area contributed by atoms with Gasteiger partial charge >= 0.3 is 0 Å². The van der Waals surface area contributed by atoms with Crippen LogP contribution in [0.3, 0.4) is 0 Å². The van der Waals surface area contributed by atoms with Gasteiger partial charge in [0.1, 0.15) is 0 Å². The topological polar surface area (TPSA) is 58.9 Å². The second kappa shape index (κ2) is 4.08. The van der Waals surface area contributed by atoms with E-state index >= 15 is 0 Å². The molecule has 0 aliphatic carbocycles. The summed E-state index contributed by atoms with van der Waals surface area (Å²) in [4.78, 5) is 1.50. The van der Waals surface area contributed by atoms with Crippen molar-refractivity contribution in [3.05, 3.63) is 35.4 Å².